The van der Waals surface area contributed by atoms with Crippen molar-refractivity contribution in [3.63, 3.8) is 0 Å². The summed E-state index contributed by atoms with van der Waals surface area (Å²) in [6.45, 7) is 1.57. The fourth-order valence-electron chi connectivity index (χ4n) is 1.25. The minimum Gasteiger partial charge on any atom is -0.341 e. The number of benzene rings is 1. The van der Waals surface area contributed by atoms with Crippen molar-refractivity contribution in [1.29, 1.82) is 0 Å². The van der Waals surface area contributed by atoms with Gasteiger partial charge in [-0.3, -0.25) is 9.35 Å². The predicted molar refractivity (Wildman–Crippen MR) is 62.2 cm³/mol. The number of rotatable bonds is 3. The maximum absolute atomic E-state index is 11.5. The first-order valence-corrected chi connectivity index (χ1v) is 6.10. The Labute approximate surface area is 99.6 Å². The summed E-state index contributed by atoms with van der Waals surface area (Å²) in [5, 5.41) is 2.40. The molecule has 0 aromatic heterocycles. The van der Waals surface area contributed by atoms with E-state index in [1.165, 1.54) is 19.1 Å². The van der Waals surface area contributed by atoms with E-state index >= 15 is 0 Å². The number of terminal acetylenes is 1. The highest BCUT2D eigenvalue weighted by molar-refractivity contribution is 7.85. The van der Waals surface area contributed by atoms with Crippen molar-refractivity contribution < 1.29 is 17.8 Å². The molecular formula is C11H11NO4S. The van der Waals surface area contributed by atoms with Gasteiger partial charge in [-0.15, -0.1) is 6.42 Å². The zero-order valence-electron chi connectivity index (χ0n) is 9.10. The maximum Gasteiger partial charge on any atom is 0.294 e. The molecule has 0 heterocycles. The Morgan fingerprint density at radius 3 is 2.71 bits per heavy atom. The molecule has 17 heavy (non-hydrogen) atoms. The number of aryl methyl sites for hydroxylation is 1. The monoisotopic (exact) mass is 253 g/mol. The van der Waals surface area contributed by atoms with Crippen LogP contribution in [0.1, 0.15) is 15.9 Å². The van der Waals surface area contributed by atoms with Crippen molar-refractivity contribution in [2.45, 2.75) is 11.8 Å². The van der Waals surface area contributed by atoms with Crippen LogP contribution in [0, 0.1) is 19.3 Å². The molecule has 5 nitrogen and oxygen atoms in total. The number of nitrogens with one attached hydrogen (secondary N) is 1. The molecule has 0 unspecified atom stereocenters. The molecule has 90 valence electrons. The average molecular weight is 253 g/mol. The Kier molecular flexibility index (Phi) is 3.89. The Hall–Kier alpha value is -1.84. The zero-order valence-corrected chi connectivity index (χ0v) is 9.91. The number of hydrogen-bond donors (Lipinski definition) is 2. The van der Waals surface area contributed by atoms with Crippen molar-refractivity contribution in [2.75, 3.05) is 6.54 Å². The lowest BCUT2D eigenvalue weighted by Crippen LogP contribution is -2.23. The third-order valence-corrected chi connectivity index (χ3v) is 3.07. The summed E-state index contributed by atoms with van der Waals surface area (Å²) in [4.78, 5) is 11.2. The van der Waals surface area contributed by atoms with Gasteiger partial charge in [-0.25, -0.2) is 0 Å². The van der Waals surface area contributed by atoms with E-state index in [9.17, 15) is 13.2 Å². The van der Waals surface area contributed by atoms with Gasteiger partial charge in [-0.1, -0.05) is 12.0 Å². The molecule has 1 aromatic carbocycles. The van der Waals surface area contributed by atoms with E-state index in [-0.39, 0.29) is 17.0 Å². The Bertz CT molecular complexity index is 584. The van der Waals surface area contributed by atoms with Crippen molar-refractivity contribution in [1.82, 2.24) is 5.32 Å². The number of amides is 1. The first-order chi connectivity index (χ1) is 7.86. The summed E-state index contributed by atoms with van der Waals surface area (Å²) in [5.41, 5.74) is 0.486. The number of carbonyl (C=O) groups is 1. The highest BCUT2D eigenvalue weighted by atomic mass is 32.2. The predicted octanol–water partition coefficient (Wildman–Crippen LogP) is 0.605. The van der Waals surface area contributed by atoms with E-state index in [0.717, 1.165) is 6.07 Å². The molecule has 1 rings (SSSR count). The van der Waals surface area contributed by atoms with Gasteiger partial charge in [0.1, 0.15) is 0 Å². The van der Waals surface area contributed by atoms with Crippen LogP contribution in [0.5, 0.6) is 0 Å². The van der Waals surface area contributed by atoms with E-state index in [1.54, 1.807) is 0 Å². The summed E-state index contributed by atoms with van der Waals surface area (Å²) in [6, 6.07) is 4.00. The van der Waals surface area contributed by atoms with Crippen LogP contribution in [0.25, 0.3) is 0 Å². The number of carbonyl (C=O) groups excluding carboxylic acids is 1. The van der Waals surface area contributed by atoms with Gasteiger partial charge in [0.2, 0.25) is 0 Å². The average Bonchev–Trinajstić information content (AvgIpc) is 2.25. The molecule has 0 bridgehead atoms. The summed E-state index contributed by atoms with van der Waals surface area (Å²) in [5.74, 6) is 1.73. The van der Waals surface area contributed by atoms with Gasteiger partial charge in [0.25, 0.3) is 16.0 Å². The first kappa shape index (κ1) is 13.2. The van der Waals surface area contributed by atoms with Crippen molar-refractivity contribution in [2.24, 2.45) is 0 Å². The molecule has 6 heteroatoms. The lowest BCUT2D eigenvalue weighted by Gasteiger charge is -2.06. The normalized spacial score (nSPS) is 10.6. The summed E-state index contributed by atoms with van der Waals surface area (Å²) in [6.07, 6.45) is 4.98. The molecule has 1 amide bonds. The molecule has 0 atom stereocenters. The molecule has 1 aromatic rings. The maximum atomic E-state index is 11.5. The molecule has 0 saturated carbocycles. The number of hydrogen-bond acceptors (Lipinski definition) is 3. The molecule has 0 fully saturated rings. The second-order valence-corrected chi connectivity index (χ2v) is 4.73. The van der Waals surface area contributed by atoms with Crippen molar-refractivity contribution >= 4 is 16.0 Å². The summed E-state index contributed by atoms with van der Waals surface area (Å²) < 4.78 is 31.0. The van der Waals surface area contributed by atoms with Crippen LogP contribution in [0.15, 0.2) is 23.1 Å². The molecule has 0 radical (unpaired) electrons. The van der Waals surface area contributed by atoms with Crippen molar-refractivity contribution in [3.8, 4) is 12.3 Å². The highest BCUT2D eigenvalue weighted by Crippen LogP contribution is 2.16. The molecule has 0 aliphatic rings. The van der Waals surface area contributed by atoms with Gasteiger partial charge in [0, 0.05) is 5.56 Å². The lowest BCUT2D eigenvalue weighted by molar-refractivity contribution is 0.0958. The van der Waals surface area contributed by atoms with Gasteiger partial charge in [0.15, 0.2) is 0 Å². The molecule has 0 spiro atoms. The summed E-state index contributed by atoms with van der Waals surface area (Å²) >= 11 is 0. The van der Waals surface area contributed by atoms with Gasteiger partial charge >= 0.3 is 0 Å². The third kappa shape index (κ3) is 3.31. The minimum atomic E-state index is -4.33. The van der Waals surface area contributed by atoms with E-state index in [0.29, 0.717) is 5.56 Å². The van der Waals surface area contributed by atoms with Crippen LogP contribution in [0.4, 0.5) is 0 Å². The van der Waals surface area contributed by atoms with E-state index in [2.05, 4.69) is 11.2 Å². The fraction of sp³-hybridized carbons (Fsp3) is 0.182. The van der Waals surface area contributed by atoms with Crippen LogP contribution in [-0.2, 0) is 10.1 Å². The lowest BCUT2D eigenvalue weighted by atomic mass is 10.1. The first-order valence-electron chi connectivity index (χ1n) is 4.66. The SMILES string of the molecule is C#CCNC(=O)c1ccc(C)c(S(=O)(=O)O)c1. The Morgan fingerprint density at radius 2 is 2.18 bits per heavy atom. The smallest absolute Gasteiger partial charge is 0.294 e. The van der Waals surface area contributed by atoms with E-state index < -0.39 is 16.0 Å². The Balaban J connectivity index is 3.14. The summed E-state index contributed by atoms with van der Waals surface area (Å²) in [7, 11) is -4.33. The minimum absolute atomic E-state index is 0.0495. The standard InChI is InChI=1S/C11H11NO4S/c1-3-6-12-11(13)9-5-4-8(2)10(7-9)17(14,15)16/h1,4-5,7H,6H2,2H3,(H,12,13)(H,14,15,16). The van der Waals surface area contributed by atoms with Gasteiger partial charge in [0.05, 0.1) is 11.4 Å². The van der Waals surface area contributed by atoms with Crippen molar-refractivity contribution in [3.05, 3.63) is 29.3 Å². The van der Waals surface area contributed by atoms with Crippen LogP contribution >= 0.6 is 0 Å². The molecule has 0 aliphatic carbocycles. The second kappa shape index (κ2) is 4.99. The molecular weight excluding hydrogens is 242 g/mol. The Morgan fingerprint density at radius 1 is 1.53 bits per heavy atom. The molecule has 0 saturated heterocycles. The van der Waals surface area contributed by atoms with Crippen LogP contribution in [-0.4, -0.2) is 25.4 Å². The van der Waals surface area contributed by atoms with Gasteiger partial charge in [-0.2, -0.15) is 8.42 Å². The van der Waals surface area contributed by atoms with Crippen LogP contribution < -0.4 is 5.32 Å². The van der Waals surface area contributed by atoms with Crippen LogP contribution in [0.3, 0.4) is 0 Å². The van der Waals surface area contributed by atoms with Gasteiger partial charge in [-0.05, 0) is 24.6 Å². The zero-order chi connectivity index (χ0) is 13.1. The quantitative estimate of drug-likeness (QED) is 0.610. The van der Waals surface area contributed by atoms with E-state index in [1.807, 2.05) is 0 Å². The largest absolute Gasteiger partial charge is 0.341 e. The van der Waals surface area contributed by atoms with E-state index in [4.69, 9.17) is 11.0 Å². The second-order valence-electron chi connectivity index (χ2n) is 3.34. The topological polar surface area (TPSA) is 83.5 Å². The molecule has 2 N–H and O–H groups in total. The molecule has 0 aliphatic heterocycles. The van der Waals surface area contributed by atoms with Gasteiger partial charge < -0.3 is 5.32 Å². The third-order valence-electron chi connectivity index (χ3n) is 2.08. The fourth-order valence-corrected chi connectivity index (χ4v) is 2.00. The highest BCUT2D eigenvalue weighted by Gasteiger charge is 2.15. The van der Waals surface area contributed by atoms with Crippen LogP contribution in [0.2, 0.25) is 0 Å².